The van der Waals surface area contributed by atoms with E-state index in [1.807, 2.05) is 68.9 Å². The van der Waals surface area contributed by atoms with Crippen LogP contribution < -0.4 is 0 Å². The van der Waals surface area contributed by atoms with Gasteiger partial charge < -0.3 is 0 Å². The van der Waals surface area contributed by atoms with E-state index in [1.165, 1.54) is 0 Å². The Labute approximate surface area is 142 Å². The lowest BCUT2D eigenvalue weighted by Crippen LogP contribution is -2.20. The fourth-order valence-electron chi connectivity index (χ4n) is 2.09. The van der Waals surface area contributed by atoms with Crippen LogP contribution in [0, 0.1) is 0 Å². The number of hydrogen-bond acceptors (Lipinski definition) is 3. The highest BCUT2D eigenvalue weighted by atomic mass is 32.2. The van der Waals surface area contributed by atoms with Crippen LogP contribution in [-0.4, -0.2) is 24.4 Å². The second kappa shape index (κ2) is 6.02. The molecule has 0 amide bonds. The predicted molar refractivity (Wildman–Crippen MR) is 99.1 cm³/mol. The van der Waals surface area contributed by atoms with Crippen LogP contribution in [0.4, 0.5) is 0 Å². The van der Waals surface area contributed by atoms with Crippen molar-refractivity contribution in [1.82, 2.24) is 9.78 Å². The molecule has 4 nitrogen and oxygen atoms in total. The van der Waals surface area contributed by atoms with Crippen LogP contribution in [0.15, 0.2) is 47.0 Å². The maximum atomic E-state index is 12.2. The summed E-state index contributed by atoms with van der Waals surface area (Å²) >= 11 is 1.62. The van der Waals surface area contributed by atoms with Crippen LogP contribution in [0.1, 0.15) is 32.6 Å². The Hall–Kier alpha value is -1.79. The summed E-state index contributed by atoms with van der Waals surface area (Å²) in [4.78, 5) is 1.03. The number of hydrogen-bond donors (Lipinski definition) is 0. The molecule has 120 valence electrons. The van der Waals surface area contributed by atoms with Crippen LogP contribution in [0.5, 0.6) is 0 Å². The van der Waals surface area contributed by atoms with E-state index in [-0.39, 0.29) is 4.75 Å². The zero-order chi connectivity index (χ0) is 16.6. The van der Waals surface area contributed by atoms with Gasteiger partial charge in [0.25, 0.3) is 0 Å². The van der Waals surface area contributed by atoms with Gasteiger partial charge in [0.2, 0.25) is 0 Å². The van der Waals surface area contributed by atoms with Crippen molar-refractivity contribution in [3.63, 3.8) is 0 Å². The second-order valence-corrected chi connectivity index (χ2v) is 9.28. The molecule has 2 heterocycles. The fourth-order valence-corrected chi connectivity index (χ4v) is 3.71. The Bertz CT molecular complexity index is 886. The third kappa shape index (κ3) is 3.28. The maximum absolute atomic E-state index is 12.2. The van der Waals surface area contributed by atoms with Crippen molar-refractivity contribution in [2.75, 3.05) is 0 Å². The highest BCUT2D eigenvalue weighted by molar-refractivity contribution is 7.85. The molecule has 1 atom stereocenters. The first-order valence-corrected chi connectivity index (χ1v) is 9.29. The number of benzene rings is 1. The third-order valence-electron chi connectivity index (χ3n) is 3.36. The molecule has 0 aliphatic heterocycles. The average molecular weight is 345 g/mol. The minimum atomic E-state index is -1.25. The van der Waals surface area contributed by atoms with Crippen molar-refractivity contribution in [3.8, 4) is 5.69 Å². The van der Waals surface area contributed by atoms with Gasteiger partial charge in [0, 0.05) is 0 Å². The van der Waals surface area contributed by atoms with Gasteiger partial charge in [-0.3, -0.25) is 0 Å². The number of fused-ring (bicyclic) bond motifs is 1. The molecule has 0 aliphatic carbocycles. The molecule has 3 rings (SSSR count). The first kappa shape index (κ1) is 16.1. The van der Waals surface area contributed by atoms with Gasteiger partial charge in [0.1, 0.15) is 11.0 Å². The highest BCUT2D eigenvalue weighted by Crippen LogP contribution is 2.28. The zero-order valence-electron chi connectivity index (χ0n) is 13.6. The topological polar surface area (TPSA) is 47.2 Å². The first-order valence-electron chi connectivity index (χ1n) is 7.37. The van der Waals surface area contributed by atoms with Gasteiger partial charge in [0.05, 0.1) is 37.4 Å². The van der Waals surface area contributed by atoms with Crippen LogP contribution in [0.3, 0.4) is 0 Å². The van der Waals surface area contributed by atoms with Crippen molar-refractivity contribution in [3.05, 3.63) is 47.5 Å². The normalized spacial score (nSPS) is 14.3. The number of para-hydroxylation sites is 1. The van der Waals surface area contributed by atoms with Crippen molar-refractivity contribution < 1.29 is 4.21 Å². The Morgan fingerprint density at radius 3 is 2.61 bits per heavy atom. The van der Waals surface area contributed by atoms with Crippen LogP contribution in [0.25, 0.3) is 15.9 Å². The van der Waals surface area contributed by atoms with E-state index in [0.717, 1.165) is 26.5 Å². The Kier molecular flexibility index (Phi) is 4.21. The lowest BCUT2D eigenvalue weighted by atomic mass is 10.3. The van der Waals surface area contributed by atoms with Gasteiger partial charge in [-0.1, -0.05) is 18.2 Å². The standard InChI is InChI=1S/C17H19N3OS2/c1-12(19-23(21)17(2,3)4)15-10-14-16(22-15)11-18-20(14)13-8-6-5-7-9-13/h5-11H,1-4H3/t23-/m1/s1. The minimum absolute atomic E-state index is 0.348. The highest BCUT2D eigenvalue weighted by Gasteiger charge is 2.20. The quantitative estimate of drug-likeness (QED) is 0.662. The van der Waals surface area contributed by atoms with E-state index in [1.54, 1.807) is 11.3 Å². The van der Waals surface area contributed by atoms with Crippen molar-refractivity contribution in [1.29, 1.82) is 0 Å². The van der Waals surface area contributed by atoms with E-state index in [4.69, 9.17) is 0 Å². The molecular weight excluding hydrogens is 326 g/mol. The van der Waals surface area contributed by atoms with E-state index in [9.17, 15) is 4.21 Å². The Balaban J connectivity index is 2.00. The van der Waals surface area contributed by atoms with Gasteiger partial charge in [-0.2, -0.15) is 9.50 Å². The van der Waals surface area contributed by atoms with E-state index < -0.39 is 11.0 Å². The first-order chi connectivity index (χ1) is 10.9. The SMILES string of the molecule is CC(=N[S@](=O)C(C)(C)C)c1cc2c(cnn2-c2ccccc2)s1. The molecular formula is C17H19N3OS2. The summed E-state index contributed by atoms with van der Waals surface area (Å²) in [7, 11) is -1.25. The van der Waals surface area contributed by atoms with Crippen molar-refractivity contribution >= 4 is 38.3 Å². The van der Waals surface area contributed by atoms with Gasteiger partial charge in [-0.15, -0.1) is 11.3 Å². The molecule has 0 bridgehead atoms. The van der Waals surface area contributed by atoms with Crippen molar-refractivity contribution in [2.45, 2.75) is 32.4 Å². The Morgan fingerprint density at radius 2 is 1.96 bits per heavy atom. The molecule has 3 aromatic rings. The van der Waals surface area contributed by atoms with E-state index >= 15 is 0 Å². The van der Waals surface area contributed by atoms with Crippen LogP contribution >= 0.6 is 11.3 Å². The maximum Gasteiger partial charge on any atom is 0.145 e. The largest absolute Gasteiger partial charge is 0.234 e. The van der Waals surface area contributed by atoms with E-state index in [0.29, 0.717) is 0 Å². The lowest BCUT2D eigenvalue weighted by Gasteiger charge is -2.13. The summed E-state index contributed by atoms with van der Waals surface area (Å²) in [6, 6.07) is 12.1. The Morgan fingerprint density at radius 1 is 1.26 bits per heavy atom. The molecule has 0 saturated carbocycles. The summed E-state index contributed by atoms with van der Waals surface area (Å²) in [6.07, 6.45) is 1.87. The molecule has 0 unspecified atom stereocenters. The number of nitrogens with zero attached hydrogens (tertiary/aromatic N) is 3. The summed E-state index contributed by atoms with van der Waals surface area (Å²) < 4.78 is 19.2. The lowest BCUT2D eigenvalue weighted by molar-refractivity contribution is 0.650. The smallest absolute Gasteiger partial charge is 0.145 e. The van der Waals surface area contributed by atoms with Gasteiger partial charge in [-0.05, 0) is 45.9 Å². The molecule has 23 heavy (non-hydrogen) atoms. The summed E-state index contributed by atoms with van der Waals surface area (Å²) in [5.41, 5.74) is 2.88. The molecule has 1 aromatic carbocycles. The van der Waals surface area contributed by atoms with Gasteiger partial charge >= 0.3 is 0 Å². The fraction of sp³-hybridized carbons (Fsp3) is 0.294. The van der Waals surface area contributed by atoms with Crippen LogP contribution in [0.2, 0.25) is 0 Å². The molecule has 0 N–H and O–H groups in total. The number of thiophene rings is 1. The molecule has 0 aliphatic rings. The predicted octanol–water partition coefficient (Wildman–Crippen LogP) is 4.36. The number of aromatic nitrogens is 2. The average Bonchev–Trinajstić information content (AvgIpc) is 3.07. The molecule has 0 radical (unpaired) electrons. The molecule has 2 aromatic heterocycles. The molecule has 6 heteroatoms. The van der Waals surface area contributed by atoms with Gasteiger partial charge in [0.15, 0.2) is 0 Å². The molecule has 0 spiro atoms. The minimum Gasteiger partial charge on any atom is -0.234 e. The van der Waals surface area contributed by atoms with Gasteiger partial charge in [-0.25, -0.2) is 8.89 Å². The monoisotopic (exact) mass is 345 g/mol. The molecule has 0 fully saturated rings. The number of rotatable bonds is 3. The van der Waals surface area contributed by atoms with Crippen molar-refractivity contribution in [2.24, 2.45) is 4.40 Å². The summed E-state index contributed by atoms with van der Waals surface area (Å²) in [5.74, 6) is 0. The summed E-state index contributed by atoms with van der Waals surface area (Å²) in [5, 5.41) is 4.45. The zero-order valence-corrected chi connectivity index (χ0v) is 15.2. The van der Waals surface area contributed by atoms with E-state index in [2.05, 4.69) is 15.6 Å². The summed E-state index contributed by atoms with van der Waals surface area (Å²) in [6.45, 7) is 7.70. The van der Waals surface area contributed by atoms with Crippen LogP contribution in [-0.2, 0) is 11.0 Å². The molecule has 0 saturated heterocycles. The second-order valence-electron chi connectivity index (χ2n) is 6.29. The third-order valence-corrected chi connectivity index (χ3v) is 6.01.